The largest absolute Gasteiger partial charge is 0.497 e. The molecule has 134 valence electrons. The molecular formula is C17H14ClF3O3S. The Labute approximate surface area is 150 Å². The van der Waals surface area contributed by atoms with Gasteiger partial charge in [-0.25, -0.2) is 8.60 Å². The zero-order valence-corrected chi connectivity index (χ0v) is 14.9. The van der Waals surface area contributed by atoms with Crippen molar-refractivity contribution in [1.82, 2.24) is 0 Å². The third kappa shape index (κ3) is 4.35. The summed E-state index contributed by atoms with van der Waals surface area (Å²) < 4.78 is 61.6. The SMILES string of the molecule is C=C(OC)c1c(S(=O)C(F)F)ccc(Oc2cc(F)cc(Cl)c2)c1C. The van der Waals surface area contributed by atoms with Crippen LogP contribution in [-0.2, 0) is 15.5 Å². The van der Waals surface area contributed by atoms with Gasteiger partial charge in [-0.1, -0.05) is 18.2 Å². The number of hydrogen-bond donors (Lipinski definition) is 0. The molecule has 0 spiro atoms. The molecule has 0 saturated heterocycles. The molecule has 0 radical (unpaired) electrons. The van der Waals surface area contributed by atoms with Gasteiger partial charge in [0.1, 0.15) is 33.9 Å². The second-order valence-electron chi connectivity index (χ2n) is 4.95. The first kappa shape index (κ1) is 19.3. The minimum Gasteiger partial charge on any atom is -0.497 e. The zero-order valence-electron chi connectivity index (χ0n) is 13.3. The van der Waals surface area contributed by atoms with E-state index in [0.29, 0.717) is 5.56 Å². The van der Waals surface area contributed by atoms with Gasteiger partial charge in [-0.3, -0.25) is 0 Å². The van der Waals surface area contributed by atoms with Gasteiger partial charge in [0.15, 0.2) is 0 Å². The maximum Gasteiger partial charge on any atom is 0.316 e. The maximum absolute atomic E-state index is 13.4. The molecule has 3 nitrogen and oxygen atoms in total. The average molecular weight is 391 g/mol. The standard InChI is InChI=1S/C17H14ClF3O3S/c1-9-14(24-13-7-11(18)6-12(19)8-13)4-5-15(25(22)17(20)21)16(9)10(2)23-3/h4-8,17H,2H2,1,3H3. The van der Waals surface area contributed by atoms with E-state index in [1.165, 1.54) is 25.3 Å². The molecular weight excluding hydrogens is 377 g/mol. The van der Waals surface area contributed by atoms with Crippen molar-refractivity contribution in [2.75, 3.05) is 7.11 Å². The molecule has 25 heavy (non-hydrogen) atoms. The number of alkyl halides is 2. The van der Waals surface area contributed by atoms with Gasteiger partial charge in [-0.2, -0.15) is 8.78 Å². The van der Waals surface area contributed by atoms with Crippen LogP contribution in [0.25, 0.3) is 5.76 Å². The molecule has 1 unspecified atom stereocenters. The number of rotatable bonds is 6. The second kappa shape index (κ2) is 7.93. The molecule has 0 aliphatic heterocycles. The fraction of sp³-hybridized carbons (Fsp3) is 0.176. The van der Waals surface area contributed by atoms with Crippen molar-refractivity contribution < 1.29 is 26.9 Å². The van der Waals surface area contributed by atoms with Crippen LogP contribution in [0.15, 0.2) is 41.8 Å². The summed E-state index contributed by atoms with van der Waals surface area (Å²) in [5.74, 6) is -3.22. The Morgan fingerprint density at radius 3 is 2.52 bits per heavy atom. The van der Waals surface area contributed by atoms with E-state index in [2.05, 4.69) is 6.58 Å². The number of benzene rings is 2. The minimum absolute atomic E-state index is 0.0595. The highest BCUT2D eigenvalue weighted by Crippen LogP contribution is 2.36. The first-order valence-corrected chi connectivity index (χ1v) is 8.53. The fourth-order valence-electron chi connectivity index (χ4n) is 2.20. The van der Waals surface area contributed by atoms with Crippen LogP contribution in [0, 0.1) is 12.7 Å². The smallest absolute Gasteiger partial charge is 0.316 e. The highest BCUT2D eigenvalue weighted by Gasteiger charge is 2.24. The molecule has 2 aromatic rings. The molecule has 1 atom stereocenters. The Hall–Kier alpha value is -1.99. The first-order chi connectivity index (χ1) is 11.7. The van der Waals surface area contributed by atoms with Crippen molar-refractivity contribution in [3.05, 3.63) is 58.9 Å². The van der Waals surface area contributed by atoms with Crippen LogP contribution < -0.4 is 4.74 Å². The van der Waals surface area contributed by atoms with Gasteiger partial charge in [0.05, 0.1) is 12.0 Å². The Morgan fingerprint density at radius 2 is 1.96 bits per heavy atom. The predicted octanol–water partition coefficient (Wildman–Crippen LogP) is 5.53. The number of ether oxygens (including phenoxy) is 2. The molecule has 0 N–H and O–H groups in total. The molecule has 0 heterocycles. The average Bonchev–Trinajstić information content (AvgIpc) is 2.54. The van der Waals surface area contributed by atoms with E-state index in [1.54, 1.807) is 6.92 Å². The van der Waals surface area contributed by atoms with Crippen LogP contribution in [0.5, 0.6) is 11.5 Å². The highest BCUT2D eigenvalue weighted by molar-refractivity contribution is 7.85. The molecule has 8 heteroatoms. The minimum atomic E-state index is -3.06. The summed E-state index contributed by atoms with van der Waals surface area (Å²) in [6.07, 6.45) is 0. The molecule has 2 rings (SSSR count). The van der Waals surface area contributed by atoms with Gasteiger partial charge in [-0.05, 0) is 31.2 Å². The summed E-state index contributed by atoms with van der Waals surface area (Å²) in [5, 5.41) is 0.143. The summed E-state index contributed by atoms with van der Waals surface area (Å²) in [6.45, 7) is 5.22. The topological polar surface area (TPSA) is 35.5 Å². The lowest BCUT2D eigenvalue weighted by molar-refractivity contribution is 0.244. The highest BCUT2D eigenvalue weighted by atomic mass is 35.5. The van der Waals surface area contributed by atoms with Crippen molar-refractivity contribution >= 4 is 28.2 Å². The Bertz CT molecular complexity index is 820. The summed E-state index contributed by atoms with van der Waals surface area (Å²) in [6, 6.07) is 6.26. The summed E-state index contributed by atoms with van der Waals surface area (Å²) in [7, 11) is -1.24. The number of halogens is 4. The van der Waals surface area contributed by atoms with Gasteiger partial charge in [-0.15, -0.1) is 0 Å². The van der Waals surface area contributed by atoms with Crippen molar-refractivity contribution in [2.45, 2.75) is 17.6 Å². The van der Waals surface area contributed by atoms with Crippen LogP contribution in [0.2, 0.25) is 5.02 Å². The van der Waals surface area contributed by atoms with Gasteiger partial charge < -0.3 is 9.47 Å². The Kier molecular flexibility index (Phi) is 6.13. The molecule has 0 amide bonds. The molecule has 0 bridgehead atoms. The fourth-order valence-corrected chi connectivity index (χ4v) is 3.28. The molecule has 0 fully saturated rings. The van der Waals surface area contributed by atoms with Crippen LogP contribution >= 0.6 is 11.6 Å². The van der Waals surface area contributed by atoms with E-state index < -0.39 is 22.4 Å². The van der Waals surface area contributed by atoms with Crippen molar-refractivity contribution in [2.24, 2.45) is 0 Å². The second-order valence-corrected chi connectivity index (χ2v) is 6.78. The summed E-state index contributed by atoms with van der Waals surface area (Å²) >= 11 is 5.78. The predicted molar refractivity (Wildman–Crippen MR) is 91.1 cm³/mol. The van der Waals surface area contributed by atoms with Gasteiger partial charge >= 0.3 is 5.76 Å². The Balaban J connectivity index is 2.54. The molecule has 0 aromatic heterocycles. The normalized spacial score (nSPS) is 12.1. The van der Waals surface area contributed by atoms with Crippen molar-refractivity contribution in [1.29, 1.82) is 0 Å². The Morgan fingerprint density at radius 1 is 1.28 bits per heavy atom. The van der Waals surface area contributed by atoms with Crippen LogP contribution in [0.3, 0.4) is 0 Å². The van der Waals surface area contributed by atoms with Crippen molar-refractivity contribution in [3.63, 3.8) is 0 Å². The zero-order chi connectivity index (χ0) is 18.7. The van der Waals surface area contributed by atoms with Gasteiger partial charge in [0.2, 0.25) is 0 Å². The summed E-state index contributed by atoms with van der Waals surface area (Å²) in [5.41, 5.74) is 0.528. The molecule has 0 aliphatic carbocycles. The van der Waals surface area contributed by atoms with Gasteiger partial charge in [0.25, 0.3) is 0 Å². The molecule has 0 aliphatic rings. The van der Waals surface area contributed by atoms with Crippen LogP contribution in [0.4, 0.5) is 13.2 Å². The van der Waals surface area contributed by atoms with Crippen LogP contribution in [-0.4, -0.2) is 17.1 Å². The van der Waals surface area contributed by atoms with E-state index in [4.69, 9.17) is 21.1 Å². The lowest BCUT2D eigenvalue weighted by Gasteiger charge is -2.17. The number of methoxy groups -OCH3 is 1. The maximum atomic E-state index is 13.4. The van der Waals surface area contributed by atoms with E-state index in [1.807, 2.05) is 0 Å². The molecule has 0 saturated carbocycles. The van der Waals surface area contributed by atoms with Crippen molar-refractivity contribution in [3.8, 4) is 11.5 Å². The lowest BCUT2D eigenvalue weighted by atomic mass is 10.1. The van der Waals surface area contributed by atoms with E-state index in [0.717, 1.165) is 12.1 Å². The third-order valence-electron chi connectivity index (χ3n) is 3.34. The van der Waals surface area contributed by atoms with Gasteiger partial charge in [0, 0.05) is 22.2 Å². The van der Waals surface area contributed by atoms with E-state index >= 15 is 0 Å². The van der Waals surface area contributed by atoms with Crippen LogP contribution in [0.1, 0.15) is 11.1 Å². The lowest BCUT2D eigenvalue weighted by Crippen LogP contribution is -2.08. The summed E-state index contributed by atoms with van der Waals surface area (Å²) in [4.78, 5) is -0.121. The quantitative estimate of drug-likeness (QED) is 0.608. The van der Waals surface area contributed by atoms with E-state index in [9.17, 15) is 17.4 Å². The number of hydrogen-bond acceptors (Lipinski definition) is 3. The third-order valence-corrected chi connectivity index (χ3v) is 4.66. The van der Waals surface area contributed by atoms with E-state index in [-0.39, 0.29) is 32.7 Å². The first-order valence-electron chi connectivity index (χ1n) is 6.94. The molecule has 2 aromatic carbocycles. The monoisotopic (exact) mass is 390 g/mol.